The van der Waals surface area contributed by atoms with E-state index < -0.39 is 0 Å². The molecule has 2 aromatic rings. The van der Waals surface area contributed by atoms with Gasteiger partial charge in [0.25, 0.3) is 0 Å². The van der Waals surface area contributed by atoms with Gasteiger partial charge in [0.2, 0.25) is 5.91 Å². The van der Waals surface area contributed by atoms with Gasteiger partial charge in [-0.25, -0.2) is 0 Å². The highest BCUT2D eigenvalue weighted by Crippen LogP contribution is 2.27. The predicted octanol–water partition coefficient (Wildman–Crippen LogP) is 2.50. The Morgan fingerprint density at radius 2 is 1.85 bits per heavy atom. The van der Waals surface area contributed by atoms with Crippen LogP contribution in [0.1, 0.15) is 41.8 Å². The van der Waals surface area contributed by atoms with Gasteiger partial charge in [-0.3, -0.25) is 14.4 Å². The number of carbonyl (C=O) groups is 1. The molecule has 0 saturated carbocycles. The molecule has 2 aliphatic rings. The molecule has 6 heteroatoms. The lowest BCUT2D eigenvalue weighted by atomic mass is 10.1. The Balaban J connectivity index is 1.42. The summed E-state index contributed by atoms with van der Waals surface area (Å²) in [4.78, 5) is 17.3. The zero-order valence-electron chi connectivity index (χ0n) is 16.3. The minimum Gasteiger partial charge on any atom is -0.497 e. The van der Waals surface area contributed by atoms with Crippen molar-refractivity contribution < 1.29 is 9.53 Å². The third-order valence-electron chi connectivity index (χ3n) is 5.74. The fourth-order valence-electron chi connectivity index (χ4n) is 4.13. The molecule has 0 radical (unpaired) electrons. The number of piperidine rings is 1. The van der Waals surface area contributed by atoms with Crippen molar-refractivity contribution >= 4 is 5.91 Å². The van der Waals surface area contributed by atoms with Crippen LogP contribution >= 0.6 is 0 Å². The standard InChI is InChI=1S/C21H28N4O2/c1-23-20-15-25(21(26)12-16-6-8-17(27-2)9-7-16)13-18(20)19(22-23)14-24-10-4-3-5-11-24/h6-9H,3-5,10-15H2,1-2H3. The van der Waals surface area contributed by atoms with Crippen molar-refractivity contribution in [2.24, 2.45) is 7.05 Å². The number of likely N-dealkylation sites (tertiary alicyclic amines) is 1. The molecular formula is C21H28N4O2. The van der Waals surface area contributed by atoms with E-state index in [4.69, 9.17) is 9.84 Å². The summed E-state index contributed by atoms with van der Waals surface area (Å²) >= 11 is 0. The van der Waals surface area contributed by atoms with Crippen molar-refractivity contribution in [3.63, 3.8) is 0 Å². The molecule has 1 saturated heterocycles. The molecule has 3 heterocycles. The quantitative estimate of drug-likeness (QED) is 0.814. The Bertz CT molecular complexity index is 806. The first-order chi connectivity index (χ1) is 13.1. The number of amides is 1. The van der Waals surface area contributed by atoms with E-state index in [1.165, 1.54) is 30.5 Å². The molecule has 2 aliphatic heterocycles. The van der Waals surface area contributed by atoms with Crippen molar-refractivity contribution in [1.82, 2.24) is 19.6 Å². The second kappa shape index (κ2) is 7.72. The summed E-state index contributed by atoms with van der Waals surface area (Å²) in [5, 5.41) is 4.75. The van der Waals surface area contributed by atoms with Crippen LogP contribution in [0.4, 0.5) is 0 Å². The average molecular weight is 368 g/mol. The summed E-state index contributed by atoms with van der Waals surface area (Å²) in [5.41, 5.74) is 4.61. The van der Waals surface area contributed by atoms with Crippen LogP contribution in [0, 0.1) is 0 Å². The second-order valence-corrected chi connectivity index (χ2v) is 7.61. The molecule has 0 aliphatic carbocycles. The average Bonchev–Trinajstić information content (AvgIpc) is 3.25. The maximum atomic E-state index is 12.8. The Morgan fingerprint density at radius 3 is 2.56 bits per heavy atom. The molecule has 0 spiro atoms. The van der Waals surface area contributed by atoms with E-state index in [0.717, 1.165) is 36.6 Å². The van der Waals surface area contributed by atoms with E-state index in [2.05, 4.69) is 4.90 Å². The van der Waals surface area contributed by atoms with Crippen LogP contribution in [0.25, 0.3) is 0 Å². The smallest absolute Gasteiger partial charge is 0.227 e. The number of nitrogens with zero attached hydrogens (tertiary/aromatic N) is 4. The first-order valence-corrected chi connectivity index (χ1v) is 9.80. The van der Waals surface area contributed by atoms with Crippen molar-refractivity contribution in [3.05, 3.63) is 46.8 Å². The molecule has 0 atom stereocenters. The summed E-state index contributed by atoms with van der Waals surface area (Å²) in [6, 6.07) is 7.73. The molecule has 1 aromatic carbocycles. The highest BCUT2D eigenvalue weighted by Gasteiger charge is 2.30. The zero-order valence-corrected chi connectivity index (χ0v) is 16.3. The summed E-state index contributed by atoms with van der Waals surface area (Å²) in [6.07, 6.45) is 4.32. The minimum absolute atomic E-state index is 0.167. The van der Waals surface area contributed by atoms with Crippen LogP contribution in [-0.2, 0) is 37.9 Å². The summed E-state index contributed by atoms with van der Waals surface area (Å²) < 4.78 is 7.15. The van der Waals surface area contributed by atoms with Crippen LogP contribution in [0.2, 0.25) is 0 Å². The fraction of sp³-hybridized carbons (Fsp3) is 0.524. The van der Waals surface area contributed by atoms with Gasteiger partial charge in [0.15, 0.2) is 0 Å². The highest BCUT2D eigenvalue weighted by atomic mass is 16.5. The topological polar surface area (TPSA) is 50.6 Å². The van der Waals surface area contributed by atoms with E-state index in [9.17, 15) is 4.79 Å². The number of carbonyl (C=O) groups excluding carboxylic acids is 1. The van der Waals surface area contributed by atoms with Crippen molar-refractivity contribution in [1.29, 1.82) is 0 Å². The van der Waals surface area contributed by atoms with E-state index >= 15 is 0 Å². The number of hydrogen-bond donors (Lipinski definition) is 0. The molecule has 0 unspecified atom stereocenters. The SMILES string of the molecule is COc1ccc(CC(=O)N2Cc3c(CN4CCCCC4)nn(C)c3C2)cc1. The van der Waals surface area contributed by atoms with Crippen molar-refractivity contribution in [2.75, 3.05) is 20.2 Å². The number of ether oxygens (including phenoxy) is 1. The van der Waals surface area contributed by atoms with Crippen LogP contribution < -0.4 is 4.74 Å². The molecule has 4 rings (SSSR count). The maximum Gasteiger partial charge on any atom is 0.227 e. The summed E-state index contributed by atoms with van der Waals surface area (Å²) in [6.45, 7) is 4.57. The van der Waals surface area contributed by atoms with Crippen LogP contribution in [0.3, 0.4) is 0 Å². The number of rotatable bonds is 5. The van der Waals surface area contributed by atoms with Gasteiger partial charge in [-0.1, -0.05) is 18.6 Å². The van der Waals surface area contributed by atoms with Crippen molar-refractivity contribution in [2.45, 2.75) is 45.3 Å². The van der Waals surface area contributed by atoms with Gasteiger partial charge in [0, 0.05) is 25.7 Å². The van der Waals surface area contributed by atoms with Gasteiger partial charge in [-0.05, 0) is 43.6 Å². The molecule has 1 fully saturated rings. The molecular weight excluding hydrogens is 340 g/mol. The summed E-state index contributed by atoms with van der Waals surface area (Å²) in [7, 11) is 3.65. The number of aryl methyl sites for hydroxylation is 1. The maximum absolute atomic E-state index is 12.8. The molecule has 6 nitrogen and oxygen atoms in total. The number of methoxy groups -OCH3 is 1. The lowest BCUT2D eigenvalue weighted by Gasteiger charge is -2.26. The van der Waals surface area contributed by atoms with Crippen LogP contribution in [0.15, 0.2) is 24.3 Å². The molecule has 27 heavy (non-hydrogen) atoms. The monoisotopic (exact) mass is 368 g/mol. The number of fused-ring (bicyclic) bond motifs is 1. The third-order valence-corrected chi connectivity index (χ3v) is 5.74. The molecule has 1 amide bonds. The van der Waals surface area contributed by atoms with Crippen molar-refractivity contribution in [3.8, 4) is 5.75 Å². The normalized spacial score (nSPS) is 17.2. The number of hydrogen-bond acceptors (Lipinski definition) is 4. The third kappa shape index (κ3) is 3.86. The van der Waals surface area contributed by atoms with Gasteiger partial charge in [-0.15, -0.1) is 0 Å². The number of benzene rings is 1. The van der Waals surface area contributed by atoms with Gasteiger partial charge >= 0.3 is 0 Å². The highest BCUT2D eigenvalue weighted by molar-refractivity contribution is 5.79. The van der Waals surface area contributed by atoms with Gasteiger partial charge < -0.3 is 9.64 Å². The lowest BCUT2D eigenvalue weighted by molar-refractivity contribution is -0.131. The first-order valence-electron chi connectivity index (χ1n) is 9.80. The second-order valence-electron chi connectivity index (χ2n) is 7.61. The van der Waals surface area contributed by atoms with Gasteiger partial charge in [-0.2, -0.15) is 5.10 Å². The van der Waals surface area contributed by atoms with E-state index in [1.54, 1.807) is 7.11 Å². The number of aromatic nitrogens is 2. The Hall–Kier alpha value is -2.34. The molecule has 1 aromatic heterocycles. The first kappa shape index (κ1) is 18.0. The largest absolute Gasteiger partial charge is 0.497 e. The molecule has 0 N–H and O–H groups in total. The molecule has 0 bridgehead atoms. The van der Waals surface area contributed by atoms with Crippen LogP contribution in [0.5, 0.6) is 5.75 Å². The summed E-state index contributed by atoms with van der Waals surface area (Å²) in [5.74, 6) is 0.980. The fourth-order valence-corrected chi connectivity index (χ4v) is 4.13. The van der Waals surface area contributed by atoms with Gasteiger partial charge in [0.1, 0.15) is 5.75 Å². The van der Waals surface area contributed by atoms with E-state index in [1.807, 2.05) is 40.9 Å². The Kier molecular flexibility index (Phi) is 5.16. The lowest BCUT2D eigenvalue weighted by Crippen LogP contribution is -2.30. The zero-order chi connectivity index (χ0) is 18.8. The van der Waals surface area contributed by atoms with Crippen LogP contribution in [-0.4, -0.2) is 45.7 Å². The Morgan fingerprint density at radius 1 is 1.11 bits per heavy atom. The minimum atomic E-state index is 0.167. The van der Waals surface area contributed by atoms with E-state index in [-0.39, 0.29) is 5.91 Å². The molecule has 144 valence electrons. The van der Waals surface area contributed by atoms with Gasteiger partial charge in [0.05, 0.1) is 31.5 Å². The van der Waals surface area contributed by atoms with E-state index in [0.29, 0.717) is 19.5 Å². The predicted molar refractivity (Wildman–Crippen MR) is 103 cm³/mol. The Labute approximate surface area is 160 Å².